The maximum atomic E-state index is 5.90. The van der Waals surface area contributed by atoms with E-state index in [4.69, 9.17) is 13.9 Å². The van der Waals surface area contributed by atoms with E-state index >= 15 is 0 Å². The number of aryl methyl sites for hydroxylation is 2. The Labute approximate surface area is 158 Å². The van der Waals surface area contributed by atoms with Crippen molar-refractivity contribution in [3.63, 3.8) is 0 Å². The number of hydrogen-bond acceptors (Lipinski definition) is 7. The van der Waals surface area contributed by atoms with Crippen molar-refractivity contribution in [2.45, 2.75) is 32.8 Å². The highest BCUT2D eigenvalue weighted by atomic mass is 16.5. The molecule has 1 fully saturated rings. The van der Waals surface area contributed by atoms with Crippen molar-refractivity contribution in [1.82, 2.24) is 15.0 Å². The lowest BCUT2D eigenvalue weighted by atomic mass is 10.2. The fraction of sp³-hybridized carbons (Fsp3) is 0.450. The number of rotatable bonds is 7. The molecule has 0 N–H and O–H groups in total. The Balaban J connectivity index is 1.57. The molecule has 27 heavy (non-hydrogen) atoms. The first kappa shape index (κ1) is 17.7. The SMILES string of the molecule is Cc1nc(N(CCOc2ccccc2)C[C@@H]2CCCO2)c2nc(C)oc2n1. The zero-order valence-electron chi connectivity index (χ0n) is 15.7. The summed E-state index contributed by atoms with van der Waals surface area (Å²) in [5.41, 5.74) is 1.21. The van der Waals surface area contributed by atoms with Crippen LogP contribution in [-0.4, -0.2) is 47.4 Å². The number of oxazole rings is 1. The Morgan fingerprint density at radius 2 is 2.00 bits per heavy atom. The topological polar surface area (TPSA) is 73.5 Å². The lowest BCUT2D eigenvalue weighted by Crippen LogP contribution is -2.36. The Morgan fingerprint density at radius 1 is 1.15 bits per heavy atom. The van der Waals surface area contributed by atoms with Gasteiger partial charge in [0.15, 0.2) is 17.2 Å². The Kier molecular flexibility index (Phi) is 5.20. The number of nitrogens with zero attached hydrogens (tertiary/aromatic N) is 4. The van der Waals surface area contributed by atoms with E-state index in [2.05, 4.69) is 19.9 Å². The molecule has 142 valence electrons. The minimum Gasteiger partial charge on any atom is -0.492 e. The van der Waals surface area contributed by atoms with Gasteiger partial charge in [-0.1, -0.05) is 18.2 Å². The molecule has 3 heterocycles. The monoisotopic (exact) mass is 368 g/mol. The number of para-hydroxylation sites is 1. The zero-order valence-corrected chi connectivity index (χ0v) is 15.7. The summed E-state index contributed by atoms with van der Waals surface area (Å²) in [7, 11) is 0. The number of ether oxygens (including phenoxy) is 2. The van der Waals surface area contributed by atoms with E-state index in [0.717, 1.165) is 37.6 Å². The van der Waals surface area contributed by atoms with E-state index in [9.17, 15) is 0 Å². The molecule has 4 rings (SSSR count). The summed E-state index contributed by atoms with van der Waals surface area (Å²) in [5.74, 6) is 2.89. The molecule has 1 aliphatic heterocycles. The van der Waals surface area contributed by atoms with Gasteiger partial charge in [-0.05, 0) is 31.9 Å². The lowest BCUT2D eigenvalue weighted by molar-refractivity contribution is 0.115. The number of anilines is 1. The smallest absolute Gasteiger partial charge is 0.252 e. The number of fused-ring (bicyclic) bond motifs is 1. The third-order valence-electron chi connectivity index (χ3n) is 4.58. The van der Waals surface area contributed by atoms with Gasteiger partial charge in [0.1, 0.15) is 18.2 Å². The minimum atomic E-state index is 0.194. The second-order valence-corrected chi connectivity index (χ2v) is 6.72. The van der Waals surface area contributed by atoms with Crippen molar-refractivity contribution in [3.8, 4) is 5.75 Å². The van der Waals surface area contributed by atoms with Crippen LogP contribution in [0.3, 0.4) is 0 Å². The summed E-state index contributed by atoms with van der Waals surface area (Å²) in [5, 5.41) is 0. The second-order valence-electron chi connectivity index (χ2n) is 6.72. The molecule has 7 nitrogen and oxygen atoms in total. The van der Waals surface area contributed by atoms with Crippen LogP contribution < -0.4 is 9.64 Å². The summed E-state index contributed by atoms with van der Waals surface area (Å²) in [6, 6.07) is 9.82. The van der Waals surface area contributed by atoms with Gasteiger partial charge < -0.3 is 18.8 Å². The highest BCUT2D eigenvalue weighted by Gasteiger charge is 2.24. The molecule has 0 unspecified atom stereocenters. The standard InChI is InChI=1S/C20H24N4O3/c1-14-21-19(18-20(22-14)27-15(2)23-18)24(13-17-9-6-11-25-17)10-12-26-16-7-4-3-5-8-16/h3-5,7-8,17H,6,9-13H2,1-2H3/t17-/m0/s1. The van der Waals surface area contributed by atoms with E-state index in [1.807, 2.05) is 44.2 Å². The quantitative estimate of drug-likeness (QED) is 0.633. The first-order valence-electron chi connectivity index (χ1n) is 9.35. The van der Waals surface area contributed by atoms with Gasteiger partial charge >= 0.3 is 0 Å². The van der Waals surface area contributed by atoms with Gasteiger partial charge in [0.05, 0.1) is 12.6 Å². The first-order valence-corrected chi connectivity index (χ1v) is 9.35. The lowest BCUT2D eigenvalue weighted by Gasteiger charge is -2.26. The molecule has 0 bridgehead atoms. The highest BCUT2D eigenvalue weighted by Crippen LogP contribution is 2.26. The first-order chi connectivity index (χ1) is 13.2. The summed E-state index contributed by atoms with van der Waals surface area (Å²) in [6.07, 6.45) is 2.35. The number of benzene rings is 1. The van der Waals surface area contributed by atoms with E-state index in [1.54, 1.807) is 0 Å². The van der Waals surface area contributed by atoms with E-state index in [0.29, 0.717) is 36.1 Å². The van der Waals surface area contributed by atoms with Crippen LogP contribution in [0.2, 0.25) is 0 Å². The molecule has 3 aromatic rings. The molecule has 1 atom stereocenters. The summed E-state index contributed by atoms with van der Waals surface area (Å²) in [6.45, 7) is 6.47. The van der Waals surface area contributed by atoms with Crippen molar-refractivity contribution in [2.24, 2.45) is 0 Å². The predicted molar refractivity (Wildman–Crippen MR) is 102 cm³/mol. The number of hydrogen-bond donors (Lipinski definition) is 0. The maximum Gasteiger partial charge on any atom is 0.252 e. The molecule has 1 aliphatic rings. The largest absolute Gasteiger partial charge is 0.492 e. The summed E-state index contributed by atoms with van der Waals surface area (Å²) < 4.78 is 17.4. The van der Waals surface area contributed by atoms with Crippen LogP contribution in [0.5, 0.6) is 5.75 Å². The molecule has 0 aliphatic carbocycles. The average Bonchev–Trinajstić information content (AvgIpc) is 3.29. The number of aromatic nitrogens is 3. The molecule has 0 radical (unpaired) electrons. The van der Waals surface area contributed by atoms with Gasteiger partial charge in [-0.15, -0.1) is 0 Å². The Morgan fingerprint density at radius 3 is 2.78 bits per heavy atom. The molecule has 0 saturated carbocycles. The van der Waals surface area contributed by atoms with Gasteiger partial charge in [0.25, 0.3) is 5.71 Å². The molecule has 0 amide bonds. The molecule has 2 aromatic heterocycles. The van der Waals surface area contributed by atoms with Gasteiger partial charge in [-0.2, -0.15) is 4.98 Å². The van der Waals surface area contributed by atoms with Crippen molar-refractivity contribution < 1.29 is 13.9 Å². The van der Waals surface area contributed by atoms with Crippen molar-refractivity contribution >= 4 is 17.0 Å². The van der Waals surface area contributed by atoms with Crippen molar-refractivity contribution in [2.75, 3.05) is 31.2 Å². The van der Waals surface area contributed by atoms with E-state index in [1.165, 1.54) is 0 Å². The second kappa shape index (κ2) is 7.92. The third kappa shape index (κ3) is 4.19. The van der Waals surface area contributed by atoms with Crippen LogP contribution in [-0.2, 0) is 4.74 Å². The summed E-state index contributed by atoms with van der Waals surface area (Å²) in [4.78, 5) is 15.7. The Bertz CT molecular complexity index is 891. The molecule has 7 heteroatoms. The normalized spacial score (nSPS) is 16.7. The van der Waals surface area contributed by atoms with Crippen molar-refractivity contribution in [1.29, 1.82) is 0 Å². The molecule has 0 spiro atoms. The summed E-state index contributed by atoms with van der Waals surface area (Å²) >= 11 is 0. The van der Waals surface area contributed by atoms with Gasteiger partial charge in [-0.25, -0.2) is 9.97 Å². The van der Waals surface area contributed by atoms with Gasteiger partial charge in [0, 0.05) is 20.1 Å². The van der Waals surface area contributed by atoms with Crippen LogP contribution in [0.25, 0.3) is 11.2 Å². The third-order valence-corrected chi connectivity index (χ3v) is 4.58. The van der Waals surface area contributed by atoms with E-state index < -0.39 is 0 Å². The molecular weight excluding hydrogens is 344 g/mol. The van der Waals surface area contributed by atoms with Gasteiger partial charge in [-0.3, -0.25) is 0 Å². The molecular formula is C20H24N4O3. The van der Waals surface area contributed by atoms with E-state index in [-0.39, 0.29) is 6.10 Å². The fourth-order valence-electron chi connectivity index (χ4n) is 3.34. The van der Waals surface area contributed by atoms with Crippen LogP contribution >= 0.6 is 0 Å². The van der Waals surface area contributed by atoms with Crippen LogP contribution in [0.4, 0.5) is 5.82 Å². The predicted octanol–water partition coefficient (Wildman–Crippen LogP) is 3.30. The Hall–Kier alpha value is -2.67. The van der Waals surface area contributed by atoms with Crippen LogP contribution in [0, 0.1) is 13.8 Å². The zero-order chi connectivity index (χ0) is 18.6. The van der Waals surface area contributed by atoms with Crippen LogP contribution in [0.15, 0.2) is 34.7 Å². The minimum absolute atomic E-state index is 0.194. The molecule has 1 saturated heterocycles. The fourth-order valence-corrected chi connectivity index (χ4v) is 3.34. The average molecular weight is 368 g/mol. The van der Waals surface area contributed by atoms with Crippen molar-refractivity contribution in [3.05, 3.63) is 42.0 Å². The van der Waals surface area contributed by atoms with Gasteiger partial charge in [0.2, 0.25) is 0 Å². The maximum absolute atomic E-state index is 5.90. The highest BCUT2D eigenvalue weighted by molar-refractivity contribution is 5.82. The van der Waals surface area contributed by atoms with Crippen LogP contribution in [0.1, 0.15) is 24.6 Å². The molecule has 1 aromatic carbocycles.